The molecule has 14 heavy (non-hydrogen) atoms. The Bertz CT molecular complexity index is 346. The lowest BCUT2D eigenvalue weighted by Gasteiger charge is -2.09. The minimum Gasteiger partial charge on any atom is -0.358 e. The second kappa shape index (κ2) is 5.58. The summed E-state index contributed by atoms with van der Waals surface area (Å²) in [6.45, 7) is 0.152. The number of benzene rings is 1. The highest BCUT2D eigenvalue weighted by atomic mass is 127. The van der Waals surface area contributed by atoms with Gasteiger partial charge in [-0.3, -0.25) is 0 Å². The topological polar surface area (TPSA) is 61.9 Å². The molecule has 0 amide bonds. The maximum absolute atomic E-state index is 13.3. The van der Waals surface area contributed by atoms with Crippen molar-refractivity contribution in [1.82, 2.24) is 0 Å². The van der Waals surface area contributed by atoms with Gasteiger partial charge in [-0.15, -0.1) is 0 Å². The Morgan fingerprint density at radius 1 is 1.64 bits per heavy atom. The summed E-state index contributed by atoms with van der Waals surface area (Å²) in [6, 6.07) is 2.98. The zero-order chi connectivity index (χ0) is 10.6. The van der Waals surface area contributed by atoms with Gasteiger partial charge in [-0.25, -0.2) is 4.39 Å². The predicted molar refractivity (Wildman–Crippen MR) is 68.1 cm³/mol. The van der Waals surface area contributed by atoms with Crippen LogP contribution in [-0.4, -0.2) is 6.21 Å². The smallest absolute Gasteiger partial charge is 0.129 e. The molecule has 0 aliphatic rings. The fraction of sp³-hybridized carbons (Fsp3) is 0.125. The van der Waals surface area contributed by atoms with Crippen molar-refractivity contribution < 1.29 is 4.39 Å². The highest BCUT2D eigenvalue weighted by Crippen LogP contribution is 2.27. The molecule has 3 nitrogen and oxygen atoms in total. The first-order valence-electron chi connectivity index (χ1n) is 3.87. The fourth-order valence-corrected chi connectivity index (χ4v) is 2.26. The summed E-state index contributed by atoms with van der Waals surface area (Å²) < 4.78 is 13.3. The van der Waals surface area contributed by atoms with Gasteiger partial charge < -0.3 is 16.2 Å². The Balaban J connectivity index is 3.16. The van der Waals surface area contributed by atoms with E-state index in [-0.39, 0.29) is 12.4 Å². The molecule has 0 saturated carbocycles. The van der Waals surface area contributed by atoms with Crippen LogP contribution in [0.4, 0.5) is 10.1 Å². The van der Waals surface area contributed by atoms with Crippen LogP contribution in [-0.2, 0) is 6.54 Å². The lowest BCUT2D eigenvalue weighted by Crippen LogP contribution is -2.02. The largest absolute Gasteiger partial charge is 0.358 e. The summed E-state index contributed by atoms with van der Waals surface area (Å²) >= 11 is 2.15. The first-order chi connectivity index (χ1) is 6.72. The summed E-state index contributed by atoms with van der Waals surface area (Å²) in [6.07, 6.45) is 1.64. The molecule has 1 atom stereocenters. The van der Waals surface area contributed by atoms with Gasteiger partial charge in [-0.1, -0.05) is 0 Å². The molecule has 1 rings (SSSR count). The summed E-state index contributed by atoms with van der Waals surface area (Å²) in [5.74, 6) is -0.324. The Kier molecular flexibility index (Phi) is 4.71. The van der Waals surface area contributed by atoms with Crippen LogP contribution in [0.2, 0.25) is 0 Å². The van der Waals surface area contributed by atoms with Crippen molar-refractivity contribution in [3.63, 3.8) is 0 Å². The molecule has 0 radical (unpaired) electrons. The van der Waals surface area contributed by atoms with E-state index < -0.39 is 0 Å². The summed E-state index contributed by atoms with van der Waals surface area (Å²) in [5.41, 5.74) is 7.10. The third-order valence-corrected chi connectivity index (χ3v) is 2.95. The van der Waals surface area contributed by atoms with Crippen LogP contribution in [0.3, 0.4) is 0 Å². The zero-order valence-corrected chi connectivity index (χ0v) is 10.4. The fourth-order valence-electron chi connectivity index (χ4n) is 1.07. The molecular formula is C8H10FIN3P. The first-order valence-corrected chi connectivity index (χ1v) is 7.99. The predicted octanol–water partition coefficient (Wildman–Crippen LogP) is 2.64. The van der Waals surface area contributed by atoms with Gasteiger partial charge in [0, 0.05) is 35.9 Å². The number of hydrogen-bond acceptors (Lipinski definition) is 3. The van der Waals surface area contributed by atoms with Crippen LogP contribution in [0.5, 0.6) is 0 Å². The molecule has 1 unspecified atom stereocenters. The number of hydrogen-bond donors (Lipinski definition) is 3. The molecule has 0 spiro atoms. The molecule has 1 aromatic carbocycles. The van der Waals surface area contributed by atoms with Gasteiger partial charge >= 0.3 is 0 Å². The first kappa shape index (κ1) is 11.8. The van der Waals surface area contributed by atoms with E-state index in [0.29, 0.717) is 23.2 Å². The van der Waals surface area contributed by atoms with Crippen molar-refractivity contribution in [1.29, 1.82) is 5.41 Å². The molecule has 4 N–H and O–H groups in total. The van der Waals surface area contributed by atoms with Crippen molar-refractivity contribution in [2.45, 2.75) is 6.54 Å². The molecule has 76 valence electrons. The van der Waals surface area contributed by atoms with E-state index >= 15 is 0 Å². The lowest BCUT2D eigenvalue weighted by molar-refractivity contribution is 0.611. The minimum atomic E-state index is -0.324. The van der Waals surface area contributed by atoms with Crippen LogP contribution < -0.4 is 10.8 Å². The quantitative estimate of drug-likeness (QED) is 0.453. The Labute approximate surface area is 96.5 Å². The van der Waals surface area contributed by atoms with Crippen LogP contribution in [0, 0.1) is 11.2 Å². The molecule has 1 aromatic rings. The van der Waals surface area contributed by atoms with E-state index in [1.54, 1.807) is 6.07 Å². The minimum absolute atomic E-state index is 0.152. The molecule has 6 heteroatoms. The van der Waals surface area contributed by atoms with Crippen LogP contribution in [0.15, 0.2) is 12.1 Å². The molecule has 0 aliphatic carbocycles. The molecular weight excluding hydrogens is 315 g/mol. The van der Waals surface area contributed by atoms with Gasteiger partial charge in [0.05, 0.1) is 0 Å². The average molecular weight is 325 g/mol. The van der Waals surface area contributed by atoms with E-state index in [1.807, 2.05) is 0 Å². The number of nitrogens with two attached hydrogens (primary N) is 1. The maximum Gasteiger partial charge on any atom is 0.129 e. The monoisotopic (exact) mass is 325 g/mol. The highest BCUT2D eigenvalue weighted by Gasteiger charge is 2.06. The molecule has 0 aliphatic heterocycles. The summed E-state index contributed by atoms with van der Waals surface area (Å²) in [7, 11) is 0. The number of halogens is 2. The van der Waals surface area contributed by atoms with E-state index in [4.69, 9.17) is 11.1 Å². The summed E-state index contributed by atoms with van der Waals surface area (Å²) in [5, 5.41) is 10.2. The van der Waals surface area contributed by atoms with Gasteiger partial charge in [0.25, 0.3) is 0 Å². The van der Waals surface area contributed by atoms with Gasteiger partial charge in [0.15, 0.2) is 0 Å². The van der Waals surface area contributed by atoms with Crippen LogP contribution >= 0.6 is 28.4 Å². The molecule has 0 bridgehead atoms. The van der Waals surface area contributed by atoms with Crippen molar-refractivity contribution in [3.05, 3.63) is 29.1 Å². The molecule has 0 aromatic heterocycles. The van der Waals surface area contributed by atoms with E-state index in [0.717, 1.165) is 0 Å². The maximum atomic E-state index is 13.3. The Morgan fingerprint density at radius 3 is 2.86 bits per heavy atom. The Hall–Kier alpha value is -0.260. The van der Waals surface area contributed by atoms with Crippen LogP contribution in [0.1, 0.15) is 11.1 Å². The van der Waals surface area contributed by atoms with E-state index in [9.17, 15) is 4.39 Å². The van der Waals surface area contributed by atoms with E-state index in [1.165, 1.54) is 12.3 Å². The average Bonchev–Trinajstić information content (AvgIpc) is 2.19. The number of rotatable bonds is 4. The third kappa shape index (κ3) is 2.62. The van der Waals surface area contributed by atoms with Gasteiger partial charge in [0.2, 0.25) is 0 Å². The van der Waals surface area contributed by atoms with Crippen LogP contribution in [0.25, 0.3) is 0 Å². The van der Waals surface area contributed by atoms with Crippen molar-refractivity contribution in [3.8, 4) is 0 Å². The summed E-state index contributed by atoms with van der Waals surface area (Å²) in [4.78, 5) is 0. The molecule has 0 saturated heterocycles. The number of anilines is 1. The van der Waals surface area contributed by atoms with Gasteiger partial charge in [0.1, 0.15) is 5.82 Å². The second-order valence-electron chi connectivity index (χ2n) is 2.60. The Morgan fingerprint density at radius 2 is 2.36 bits per heavy atom. The lowest BCUT2D eigenvalue weighted by atomic mass is 10.1. The highest BCUT2D eigenvalue weighted by molar-refractivity contribution is 14.2. The van der Waals surface area contributed by atoms with Crippen molar-refractivity contribution in [2.75, 3.05) is 5.09 Å². The van der Waals surface area contributed by atoms with E-state index in [2.05, 4.69) is 27.1 Å². The second-order valence-corrected chi connectivity index (χ2v) is 4.66. The normalized spacial score (nSPS) is 10.8. The van der Waals surface area contributed by atoms with Crippen molar-refractivity contribution >= 4 is 40.3 Å². The number of nitrogens with one attached hydrogen (secondary N) is 2. The standard InChI is InChI=1S/C8H10FIN3P/c9-7-2-8(13-14-10)6(4-12)1-5(7)3-11/h1-2,4,12-14H,3,11H2. The van der Waals surface area contributed by atoms with Crippen molar-refractivity contribution in [2.24, 2.45) is 5.73 Å². The zero-order valence-electron chi connectivity index (χ0n) is 7.27. The van der Waals surface area contributed by atoms with Gasteiger partial charge in [-0.2, -0.15) is 0 Å². The molecule has 0 heterocycles. The molecule has 0 fully saturated rings. The van der Waals surface area contributed by atoms with Gasteiger partial charge in [-0.05, 0) is 34.2 Å². The SMILES string of the molecule is N=Cc1cc(CN)c(F)cc1NPI. The third-order valence-electron chi connectivity index (χ3n) is 1.78.